The molecule has 0 unspecified atom stereocenters. The number of ether oxygens (including phenoxy) is 1. The Morgan fingerprint density at radius 3 is 2.47 bits per heavy atom. The lowest BCUT2D eigenvalue weighted by atomic mass is 9.82. The van der Waals surface area contributed by atoms with Crippen LogP contribution in [0.3, 0.4) is 0 Å². The molecule has 2 amide bonds. The van der Waals surface area contributed by atoms with Gasteiger partial charge in [-0.25, -0.2) is 4.79 Å². The predicted octanol–water partition coefficient (Wildman–Crippen LogP) is 4.64. The Hall–Kier alpha value is -3.81. The number of aromatic nitrogens is 2. The molecule has 1 heterocycles. The van der Waals surface area contributed by atoms with Gasteiger partial charge in [-0.3, -0.25) is 4.79 Å². The van der Waals surface area contributed by atoms with Gasteiger partial charge in [-0.2, -0.15) is 9.78 Å². The van der Waals surface area contributed by atoms with Gasteiger partial charge in [0.05, 0.1) is 18.5 Å². The van der Waals surface area contributed by atoms with Crippen LogP contribution in [0.2, 0.25) is 0 Å². The van der Waals surface area contributed by atoms with Crippen LogP contribution in [0.15, 0.2) is 48.5 Å². The van der Waals surface area contributed by atoms with Crippen LogP contribution >= 0.6 is 0 Å². The number of methoxy groups -OCH3 is 1. The fourth-order valence-corrected chi connectivity index (χ4v) is 4.10. The molecule has 2 aliphatic carbocycles. The van der Waals surface area contributed by atoms with Crippen molar-refractivity contribution in [1.82, 2.24) is 15.1 Å². The topological polar surface area (TPSA) is 105 Å². The highest BCUT2D eigenvalue weighted by Crippen LogP contribution is 2.39. The van der Waals surface area contributed by atoms with Gasteiger partial charge in [-0.05, 0) is 61.6 Å². The van der Waals surface area contributed by atoms with Gasteiger partial charge in [0.25, 0.3) is 0 Å². The van der Waals surface area contributed by atoms with E-state index < -0.39 is 0 Å². The van der Waals surface area contributed by atoms with Gasteiger partial charge in [0.15, 0.2) is 0 Å². The van der Waals surface area contributed by atoms with Crippen molar-refractivity contribution in [3.05, 3.63) is 59.8 Å². The van der Waals surface area contributed by atoms with E-state index in [1.807, 2.05) is 30.3 Å². The number of carbonyl (C=O) groups is 2. The smallest absolute Gasteiger partial charge is 0.342 e. The van der Waals surface area contributed by atoms with Crippen molar-refractivity contribution >= 4 is 17.6 Å². The molecular formula is C26H28N4O4. The SMILES string of the molecule is COc1ccc(CNC(=O)n2nc(-c3ccc(NC(=O)C4CC4)cc3O)cc2C2CCC2)cc1. The second kappa shape index (κ2) is 9.21. The summed E-state index contributed by atoms with van der Waals surface area (Å²) in [4.78, 5) is 25.1. The molecule has 8 heteroatoms. The molecule has 176 valence electrons. The summed E-state index contributed by atoms with van der Waals surface area (Å²) in [6, 6.07) is 14.1. The van der Waals surface area contributed by atoms with Gasteiger partial charge >= 0.3 is 6.03 Å². The molecule has 3 N–H and O–H groups in total. The fraction of sp³-hybridized carbons (Fsp3) is 0.346. The number of rotatable bonds is 7. The minimum atomic E-state index is -0.309. The second-order valence-corrected chi connectivity index (χ2v) is 9.00. The Kier molecular flexibility index (Phi) is 5.96. The Morgan fingerprint density at radius 2 is 1.85 bits per heavy atom. The van der Waals surface area contributed by atoms with Gasteiger partial charge in [-0.1, -0.05) is 18.6 Å². The molecule has 8 nitrogen and oxygen atoms in total. The summed E-state index contributed by atoms with van der Waals surface area (Å²) in [5.74, 6) is 1.11. The van der Waals surface area contributed by atoms with E-state index in [4.69, 9.17) is 4.74 Å². The van der Waals surface area contributed by atoms with Gasteiger partial charge in [-0.15, -0.1) is 0 Å². The second-order valence-electron chi connectivity index (χ2n) is 9.00. The van der Waals surface area contributed by atoms with Gasteiger partial charge < -0.3 is 20.5 Å². The zero-order chi connectivity index (χ0) is 23.7. The van der Waals surface area contributed by atoms with Crippen LogP contribution < -0.4 is 15.4 Å². The largest absolute Gasteiger partial charge is 0.507 e. The van der Waals surface area contributed by atoms with Crippen LogP contribution in [-0.4, -0.2) is 33.9 Å². The number of nitrogens with one attached hydrogen (secondary N) is 2. The van der Waals surface area contributed by atoms with Crippen molar-refractivity contribution in [3.63, 3.8) is 0 Å². The standard InChI is InChI=1S/C26H28N4O4/c1-34-20-10-5-16(6-11-20)15-27-26(33)30-23(17-3-2-4-17)14-22(29-30)21-12-9-19(13-24(21)31)28-25(32)18-7-8-18/h5-6,9-14,17-18,31H,2-4,7-8,15H2,1H3,(H,27,33)(H,28,32). The number of nitrogens with zero attached hydrogens (tertiary/aromatic N) is 2. The molecule has 3 aromatic rings. The molecule has 2 saturated carbocycles. The van der Waals surface area contributed by atoms with Gasteiger partial charge in [0.2, 0.25) is 5.91 Å². The van der Waals surface area contributed by atoms with Crippen molar-refractivity contribution < 1.29 is 19.4 Å². The Morgan fingerprint density at radius 1 is 1.09 bits per heavy atom. The quantitative estimate of drug-likeness (QED) is 0.476. The molecule has 0 bridgehead atoms. The molecule has 0 spiro atoms. The third-order valence-electron chi connectivity index (χ3n) is 6.54. The van der Waals surface area contributed by atoms with Crippen LogP contribution in [-0.2, 0) is 11.3 Å². The van der Waals surface area contributed by atoms with E-state index in [0.29, 0.717) is 23.5 Å². The number of phenols is 1. The molecule has 5 rings (SSSR count). The molecule has 0 atom stereocenters. The van der Waals surface area contributed by atoms with E-state index in [2.05, 4.69) is 15.7 Å². The predicted molar refractivity (Wildman–Crippen MR) is 128 cm³/mol. The maximum absolute atomic E-state index is 13.0. The highest BCUT2D eigenvalue weighted by molar-refractivity contribution is 5.94. The van der Waals surface area contributed by atoms with Crippen LogP contribution in [0.5, 0.6) is 11.5 Å². The Labute approximate surface area is 197 Å². The molecule has 2 fully saturated rings. The maximum Gasteiger partial charge on any atom is 0.342 e. The minimum Gasteiger partial charge on any atom is -0.507 e. The average Bonchev–Trinajstić information content (AvgIpc) is 3.57. The zero-order valence-corrected chi connectivity index (χ0v) is 19.1. The molecule has 0 saturated heterocycles. The van der Waals surface area contributed by atoms with Crippen LogP contribution in [0.4, 0.5) is 10.5 Å². The molecular weight excluding hydrogens is 432 g/mol. The minimum absolute atomic E-state index is 0.0112. The molecule has 0 radical (unpaired) electrons. The highest BCUT2D eigenvalue weighted by atomic mass is 16.5. The number of amides is 2. The van der Waals surface area contributed by atoms with Gasteiger partial charge in [0, 0.05) is 35.7 Å². The van der Waals surface area contributed by atoms with E-state index in [1.165, 1.54) is 10.7 Å². The van der Waals surface area contributed by atoms with Crippen molar-refractivity contribution in [2.45, 2.75) is 44.6 Å². The average molecular weight is 461 g/mol. The molecule has 2 aromatic carbocycles. The first-order valence-electron chi connectivity index (χ1n) is 11.7. The van der Waals surface area contributed by atoms with E-state index in [0.717, 1.165) is 49.1 Å². The lowest BCUT2D eigenvalue weighted by molar-refractivity contribution is -0.117. The summed E-state index contributed by atoms with van der Waals surface area (Å²) in [7, 11) is 1.61. The molecule has 1 aromatic heterocycles. The number of phenolic OH excluding ortho intramolecular Hbond substituents is 1. The highest BCUT2D eigenvalue weighted by Gasteiger charge is 2.30. The van der Waals surface area contributed by atoms with Crippen LogP contribution in [0.1, 0.15) is 49.3 Å². The molecule has 2 aliphatic rings. The first-order chi connectivity index (χ1) is 16.5. The first-order valence-corrected chi connectivity index (χ1v) is 11.7. The van der Waals surface area contributed by atoms with E-state index in [-0.39, 0.29) is 29.5 Å². The molecule has 34 heavy (non-hydrogen) atoms. The summed E-state index contributed by atoms with van der Waals surface area (Å²) in [5, 5.41) is 21.0. The van der Waals surface area contributed by atoms with Gasteiger partial charge in [0.1, 0.15) is 11.5 Å². The number of benzene rings is 2. The van der Waals surface area contributed by atoms with Crippen molar-refractivity contribution in [2.24, 2.45) is 5.92 Å². The van der Waals surface area contributed by atoms with E-state index in [1.54, 1.807) is 19.2 Å². The zero-order valence-electron chi connectivity index (χ0n) is 19.1. The van der Waals surface area contributed by atoms with Crippen molar-refractivity contribution in [3.8, 4) is 22.8 Å². The summed E-state index contributed by atoms with van der Waals surface area (Å²) >= 11 is 0. The Balaban J connectivity index is 1.35. The number of hydrogen-bond acceptors (Lipinski definition) is 5. The number of carbonyl (C=O) groups excluding carboxylic acids is 2. The number of aromatic hydroxyl groups is 1. The summed E-state index contributed by atoms with van der Waals surface area (Å²) < 4.78 is 6.60. The van der Waals surface area contributed by atoms with Crippen molar-refractivity contribution in [2.75, 3.05) is 12.4 Å². The van der Waals surface area contributed by atoms with Crippen LogP contribution in [0.25, 0.3) is 11.3 Å². The summed E-state index contributed by atoms with van der Waals surface area (Å²) in [6.45, 7) is 0.364. The monoisotopic (exact) mass is 460 g/mol. The van der Waals surface area contributed by atoms with E-state index >= 15 is 0 Å². The lowest BCUT2D eigenvalue weighted by Crippen LogP contribution is -2.31. The normalized spacial score (nSPS) is 15.4. The first kappa shape index (κ1) is 22.0. The number of anilines is 1. The maximum atomic E-state index is 13.0. The third kappa shape index (κ3) is 4.62. The van der Waals surface area contributed by atoms with Crippen molar-refractivity contribution in [1.29, 1.82) is 0 Å². The summed E-state index contributed by atoms with van der Waals surface area (Å²) in [5.41, 5.74) is 3.40. The number of hydrogen-bond donors (Lipinski definition) is 3. The summed E-state index contributed by atoms with van der Waals surface area (Å²) in [6.07, 6.45) is 4.97. The van der Waals surface area contributed by atoms with E-state index in [9.17, 15) is 14.7 Å². The van der Waals surface area contributed by atoms with Crippen LogP contribution in [0, 0.1) is 5.92 Å². The fourth-order valence-electron chi connectivity index (χ4n) is 4.10. The Bertz CT molecular complexity index is 1210. The lowest BCUT2D eigenvalue weighted by Gasteiger charge is -2.25. The molecule has 0 aliphatic heterocycles. The third-order valence-corrected chi connectivity index (χ3v) is 6.54.